The van der Waals surface area contributed by atoms with Crippen LogP contribution in [0.15, 0.2) is 11.6 Å². The van der Waals surface area contributed by atoms with E-state index < -0.39 is 5.97 Å². The Morgan fingerprint density at radius 3 is 2.82 bits per heavy atom. The monoisotopic (exact) mass is 241 g/mol. The van der Waals surface area contributed by atoms with Gasteiger partial charge < -0.3 is 14.7 Å². The number of ether oxygens (including phenoxy) is 1. The third kappa shape index (κ3) is 4.19. The minimum absolute atomic E-state index is 0.0226. The zero-order valence-electron chi connectivity index (χ0n) is 10.3. The van der Waals surface area contributed by atoms with E-state index in [0.717, 1.165) is 6.42 Å². The van der Waals surface area contributed by atoms with E-state index in [9.17, 15) is 9.59 Å². The summed E-state index contributed by atoms with van der Waals surface area (Å²) in [5, 5.41) is 8.69. The molecule has 5 heteroatoms. The summed E-state index contributed by atoms with van der Waals surface area (Å²) < 4.78 is 5.31. The molecule has 0 radical (unpaired) electrons. The van der Waals surface area contributed by atoms with Gasteiger partial charge in [-0.05, 0) is 13.3 Å². The predicted molar refractivity (Wildman–Crippen MR) is 62.6 cm³/mol. The third-order valence-electron chi connectivity index (χ3n) is 2.68. The van der Waals surface area contributed by atoms with Crippen molar-refractivity contribution in [2.75, 3.05) is 19.7 Å². The second-order valence-electron chi connectivity index (χ2n) is 4.14. The normalized spacial score (nSPS) is 21.4. The van der Waals surface area contributed by atoms with E-state index in [0.29, 0.717) is 25.3 Å². The maximum absolute atomic E-state index is 12.0. The van der Waals surface area contributed by atoms with Crippen LogP contribution in [0.2, 0.25) is 0 Å². The van der Waals surface area contributed by atoms with E-state index in [1.54, 1.807) is 11.8 Å². The number of hydrogen-bond donors (Lipinski definition) is 1. The molecule has 1 aliphatic heterocycles. The van der Waals surface area contributed by atoms with E-state index in [-0.39, 0.29) is 18.4 Å². The molecule has 1 aliphatic rings. The van der Waals surface area contributed by atoms with Crippen LogP contribution in [0.4, 0.5) is 0 Å². The first-order valence-corrected chi connectivity index (χ1v) is 5.84. The first-order valence-electron chi connectivity index (χ1n) is 5.84. The molecule has 0 aromatic carbocycles. The number of carbonyl (C=O) groups is 2. The van der Waals surface area contributed by atoms with Crippen molar-refractivity contribution in [2.45, 2.75) is 32.8 Å². The Morgan fingerprint density at radius 2 is 2.24 bits per heavy atom. The van der Waals surface area contributed by atoms with E-state index in [2.05, 4.69) is 0 Å². The fourth-order valence-electron chi connectivity index (χ4n) is 1.86. The Kier molecular flexibility index (Phi) is 5.15. The Morgan fingerprint density at radius 1 is 1.53 bits per heavy atom. The zero-order valence-corrected chi connectivity index (χ0v) is 10.3. The second kappa shape index (κ2) is 6.39. The fraction of sp³-hybridized carbons (Fsp3) is 0.667. The summed E-state index contributed by atoms with van der Waals surface area (Å²) in [5.74, 6) is -0.921. The number of carboxylic acid groups (broad SMARTS) is 1. The molecule has 0 aliphatic carbocycles. The van der Waals surface area contributed by atoms with Crippen LogP contribution >= 0.6 is 0 Å². The number of aliphatic carboxylic acids is 1. The van der Waals surface area contributed by atoms with Gasteiger partial charge in [0.05, 0.1) is 19.1 Å². The van der Waals surface area contributed by atoms with Crippen molar-refractivity contribution >= 4 is 11.9 Å². The fourth-order valence-corrected chi connectivity index (χ4v) is 1.86. The van der Waals surface area contributed by atoms with Crippen molar-refractivity contribution in [1.29, 1.82) is 0 Å². The molecule has 1 fully saturated rings. The quantitative estimate of drug-likeness (QED) is 0.747. The number of carboxylic acids is 1. The second-order valence-corrected chi connectivity index (χ2v) is 4.14. The average molecular weight is 241 g/mol. The Balaban J connectivity index is 2.57. The standard InChI is InChI=1S/C12H19NO4/c1-3-4-9(2)12(16)13-5-6-17-10(8-13)7-11(14)15/h4,10H,3,5-8H2,1-2H3,(H,14,15)/b9-4+. The lowest BCUT2D eigenvalue weighted by Gasteiger charge is -2.32. The van der Waals surface area contributed by atoms with Gasteiger partial charge in [0.15, 0.2) is 0 Å². The Hall–Kier alpha value is -1.36. The van der Waals surface area contributed by atoms with Crippen molar-refractivity contribution in [3.63, 3.8) is 0 Å². The number of allylic oxidation sites excluding steroid dienone is 1. The lowest BCUT2D eigenvalue weighted by atomic mass is 10.1. The summed E-state index contributed by atoms with van der Waals surface area (Å²) >= 11 is 0. The van der Waals surface area contributed by atoms with E-state index >= 15 is 0 Å². The number of morpholine rings is 1. The van der Waals surface area contributed by atoms with Crippen LogP contribution in [0.3, 0.4) is 0 Å². The van der Waals surface area contributed by atoms with Crippen LogP contribution in [-0.2, 0) is 14.3 Å². The SMILES string of the molecule is CC/C=C(\C)C(=O)N1CCOC(CC(=O)O)C1. The number of amides is 1. The van der Waals surface area contributed by atoms with Gasteiger partial charge >= 0.3 is 5.97 Å². The molecule has 1 N–H and O–H groups in total. The van der Waals surface area contributed by atoms with Gasteiger partial charge in [-0.1, -0.05) is 13.0 Å². The highest BCUT2D eigenvalue weighted by Gasteiger charge is 2.26. The lowest BCUT2D eigenvalue weighted by Crippen LogP contribution is -2.46. The van der Waals surface area contributed by atoms with Gasteiger partial charge in [-0.25, -0.2) is 0 Å². The molecule has 1 amide bonds. The highest BCUT2D eigenvalue weighted by molar-refractivity contribution is 5.92. The number of carbonyl (C=O) groups excluding carboxylic acids is 1. The summed E-state index contributed by atoms with van der Waals surface area (Å²) in [6.07, 6.45) is 2.25. The highest BCUT2D eigenvalue weighted by Crippen LogP contribution is 2.12. The molecule has 0 aromatic heterocycles. The average Bonchev–Trinajstić information content (AvgIpc) is 2.28. The van der Waals surface area contributed by atoms with E-state index in [1.807, 2.05) is 13.0 Å². The van der Waals surface area contributed by atoms with Crippen LogP contribution in [0, 0.1) is 0 Å². The molecular formula is C12H19NO4. The van der Waals surface area contributed by atoms with Crippen molar-refractivity contribution in [3.05, 3.63) is 11.6 Å². The van der Waals surface area contributed by atoms with E-state index in [1.165, 1.54) is 0 Å². The molecular weight excluding hydrogens is 222 g/mol. The van der Waals surface area contributed by atoms with Crippen molar-refractivity contribution < 1.29 is 19.4 Å². The first-order chi connectivity index (χ1) is 8.04. The van der Waals surface area contributed by atoms with Gasteiger partial charge in [-0.15, -0.1) is 0 Å². The summed E-state index contributed by atoms with van der Waals surface area (Å²) in [7, 11) is 0. The maximum atomic E-state index is 12.0. The molecule has 1 rings (SSSR count). The van der Waals surface area contributed by atoms with Crippen molar-refractivity contribution in [2.24, 2.45) is 0 Å². The molecule has 1 unspecified atom stereocenters. The van der Waals surface area contributed by atoms with Crippen LogP contribution in [0.25, 0.3) is 0 Å². The van der Waals surface area contributed by atoms with Crippen LogP contribution < -0.4 is 0 Å². The lowest BCUT2D eigenvalue weighted by molar-refractivity contribution is -0.146. The molecule has 0 bridgehead atoms. The Bertz CT molecular complexity index is 324. The molecule has 1 atom stereocenters. The summed E-state index contributed by atoms with van der Waals surface area (Å²) in [4.78, 5) is 24.2. The summed E-state index contributed by atoms with van der Waals surface area (Å²) in [5.41, 5.74) is 0.712. The number of nitrogens with zero attached hydrogens (tertiary/aromatic N) is 1. The van der Waals surface area contributed by atoms with Gasteiger partial charge in [-0.3, -0.25) is 9.59 Å². The molecule has 5 nitrogen and oxygen atoms in total. The van der Waals surface area contributed by atoms with Gasteiger partial charge in [0.25, 0.3) is 0 Å². The topological polar surface area (TPSA) is 66.8 Å². The van der Waals surface area contributed by atoms with Gasteiger partial charge in [-0.2, -0.15) is 0 Å². The molecule has 17 heavy (non-hydrogen) atoms. The predicted octanol–water partition coefficient (Wildman–Crippen LogP) is 1.04. The third-order valence-corrected chi connectivity index (χ3v) is 2.68. The zero-order chi connectivity index (χ0) is 12.8. The smallest absolute Gasteiger partial charge is 0.306 e. The molecule has 96 valence electrons. The molecule has 0 saturated carbocycles. The number of hydrogen-bond acceptors (Lipinski definition) is 3. The maximum Gasteiger partial charge on any atom is 0.306 e. The van der Waals surface area contributed by atoms with Gasteiger partial charge in [0.1, 0.15) is 0 Å². The first kappa shape index (κ1) is 13.7. The summed E-state index contributed by atoms with van der Waals surface area (Å²) in [6, 6.07) is 0. The van der Waals surface area contributed by atoms with Crippen LogP contribution in [0.5, 0.6) is 0 Å². The largest absolute Gasteiger partial charge is 0.481 e. The molecule has 1 saturated heterocycles. The summed E-state index contributed by atoms with van der Waals surface area (Å²) in [6.45, 7) is 5.06. The van der Waals surface area contributed by atoms with Crippen LogP contribution in [-0.4, -0.2) is 47.7 Å². The molecule has 0 spiro atoms. The Labute approximate surface area is 101 Å². The highest BCUT2D eigenvalue weighted by atomic mass is 16.5. The molecule has 1 heterocycles. The van der Waals surface area contributed by atoms with Crippen molar-refractivity contribution in [3.8, 4) is 0 Å². The minimum Gasteiger partial charge on any atom is -0.481 e. The molecule has 0 aromatic rings. The van der Waals surface area contributed by atoms with Crippen LogP contribution in [0.1, 0.15) is 26.7 Å². The van der Waals surface area contributed by atoms with Gasteiger partial charge in [0, 0.05) is 18.7 Å². The number of rotatable bonds is 4. The minimum atomic E-state index is -0.898. The van der Waals surface area contributed by atoms with E-state index in [4.69, 9.17) is 9.84 Å². The van der Waals surface area contributed by atoms with Gasteiger partial charge in [0.2, 0.25) is 5.91 Å². The van der Waals surface area contributed by atoms with Crippen molar-refractivity contribution in [1.82, 2.24) is 4.90 Å².